The van der Waals surface area contributed by atoms with Crippen LogP contribution in [-0.2, 0) is 6.54 Å². The quantitative estimate of drug-likeness (QED) is 0.843. The third kappa shape index (κ3) is 3.52. The summed E-state index contributed by atoms with van der Waals surface area (Å²) in [6.45, 7) is 7.67. The molecule has 1 aromatic carbocycles. The number of rotatable bonds is 6. The van der Waals surface area contributed by atoms with Crippen molar-refractivity contribution in [2.24, 2.45) is 0 Å². The van der Waals surface area contributed by atoms with Crippen LogP contribution in [0.1, 0.15) is 43.1 Å². The standard InChI is InChI=1S/C16H21BrFN3/c1-4-8-21-16(13(17)10-20-21)15(19-5-2)12-9-11(3)6-7-14(12)18/h6-7,9-10,15,19H,4-5,8H2,1-3H3. The number of nitrogens with one attached hydrogen (secondary N) is 1. The molecule has 114 valence electrons. The van der Waals surface area contributed by atoms with Gasteiger partial charge in [0.1, 0.15) is 5.82 Å². The van der Waals surface area contributed by atoms with Crippen molar-refractivity contribution in [1.29, 1.82) is 0 Å². The maximum absolute atomic E-state index is 14.3. The van der Waals surface area contributed by atoms with E-state index in [1.54, 1.807) is 12.3 Å². The number of hydrogen-bond donors (Lipinski definition) is 1. The van der Waals surface area contributed by atoms with Crippen LogP contribution >= 0.6 is 15.9 Å². The highest BCUT2D eigenvalue weighted by molar-refractivity contribution is 9.10. The molecule has 1 N–H and O–H groups in total. The molecule has 1 heterocycles. The summed E-state index contributed by atoms with van der Waals surface area (Å²) in [6.07, 6.45) is 2.76. The Morgan fingerprint density at radius 3 is 2.81 bits per heavy atom. The van der Waals surface area contributed by atoms with Crippen LogP contribution in [0.4, 0.5) is 4.39 Å². The molecule has 2 aromatic rings. The molecule has 0 saturated carbocycles. The average molecular weight is 354 g/mol. The van der Waals surface area contributed by atoms with Gasteiger partial charge >= 0.3 is 0 Å². The lowest BCUT2D eigenvalue weighted by atomic mass is 10.0. The third-order valence-electron chi connectivity index (χ3n) is 3.41. The molecule has 0 fully saturated rings. The first-order valence-electron chi connectivity index (χ1n) is 7.29. The molecular weight excluding hydrogens is 333 g/mol. The van der Waals surface area contributed by atoms with E-state index in [1.807, 2.05) is 24.6 Å². The van der Waals surface area contributed by atoms with Gasteiger partial charge in [-0.1, -0.05) is 31.5 Å². The summed E-state index contributed by atoms with van der Waals surface area (Å²) in [4.78, 5) is 0. The van der Waals surface area contributed by atoms with Gasteiger partial charge in [0.2, 0.25) is 0 Å². The van der Waals surface area contributed by atoms with E-state index in [0.717, 1.165) is 35.2 Å². The molecule has 5 heteroatoms. The Hall–Kier alpha value is -1.20. The van der Waals surface area contributed by atoms with Crippen LogP contribution in [0.15, 0.2) is 28.9 Å². The normalized spacial score (nSPS) is 12.6. The second kappa shape index (κ2) is 7.18. The van der Waals surface area contributed by atoms with Gasteiger partial charge in [-0.25, -0.2) is 4.39 Å². The average Bonchev–Trinajstić information content (AvgIpc) is 2.81. The Balaban J connectivity index is 2.53. The van der Waals surface area contributed by atoms with Crippen molar-refractivity contribution in [2.45, 2.75) is 39.8 Å². The molecule has 1 aromatic heterocycles. The molecule has 0 bridgehead atoms. The SMILES string of the molecule is CCCn1ncc(Br)c1C(NCC)c1cc(C)ccc1F. The third-order valence-corrected chi connectivity index (χ3v) is 4.02. The van der Waals surface area contributed by atoms with E-state index in [4.69, 9.17) is 0 Å². The van der Waals surface area contributed by atoms with E-state index in [1.165, 1.54) is 6.07 Å². The van der Waals surface area contributed by atoms with Crippen molar-refractivity contribution in [3.63, 3.8) is 0 Å². The maximum atomic E-state index is 14.3. The number of nitrogens with zero attached hydrogens (tertiary/aromatic N) is 2. The predicted octanol–water partition coefficient (Wildman–Crippen LogP) is 4.20. The molecule has 0 aliphatic rings. The molecule has 0 spiro atoms. The van der Waals surface area contributed by atoms with Crippen molar-refractivity contribution in [3.05, 3.63) is 51.5 Å². The van der Waals surface area contributed by atoms with Crippen LogP contribution < -0.4 is 5.32 Å². The van der Waals surface area contributed by atoms with E-state index in [0.29, 0.717) is 5.56 Å². The van der Waals surface area contributed by atoms with Gasteiger partial charge in [0.05, 0.1) is 22.4 Å². The molecule has 3 nitrogen and oxygen atoms in total. The maximum Gasteiger partial charge on any atom is 0.128 e. The summed E-state index contributed by atoms with van der Waals surface area (Å²) < 4.78 is 17.1. The summed E-state index contributed by atoms with van der Waals surface area (Å²) in [6, 6.07) is 5.01. The molecule has 1 unspecified atom stereocenters. The Bertz CT molecular complexity index is 610. The molecular formula is C16H21BrFN3. The van der Waals surface area contributed by atoms with Gasteiger partial charge in [-0.05, 0) is 41.9 Å². The lowest BCUT2D eigenvalue weighted by Gasteiger charge is -2.21. The molecule has 0 aliphatic heterocycles. The van der Waals surface area contributed by atoms with E-state index < -0.39 is 0 Å². The van der Waals surface area contributed by atoms with Gasteiger partial charge in [-0.15, -0.1) is 0 Å². The zero-order valence-corrected chi connectivity index (χ0v) is 14.2. The minimum absolute atomic E-state index is 0.192. The summed E-state index contributed by atoms with van der Waals surface area (Å²) in [5.74, 6) is -0.192. The second-order valence-corrected chi connectivity index (χ2v) is 5.97. The Labute approximate surface area is 133 Å². The van der Waals surface area contributed by atoms with E-state index >= 15 is 0 Å². The van der Waals surface area contributed by atoms with Crippen molar-refractivity contribution in [3.8, 4) is 0 Å². The Morgan fingerprint density at radius 1 is 1.38 bits per heavy atom. The molecule has 0 radical (unpaired) electrons. The highest BCUT2D eigenvalue weighted by atomic mass is 79.9. The van der Waals surface area contributed by atoms with Crippen LogP contribution in [0.3, 0.4) is 0 Å². The monoisotopic (exact) mass is 353 g/mol. The number of benzene rings is 1. The molecule has 1 atom stereocenters. The largest absolute Gasteiger partial charge is 0.305 e. The molecule has 21 heavy (non-hydrogen) atoms. The molecule has 2 rings (SSSR count). The molecule has 0 saturated heterocycles. The van der Waals surface area contributed by atoms with Crippen LogP contribution in [0.2, 0.25) is 0 Å². The zero-order valence-electron chi connectivity index (χ0n) is 12.7. The summed E-state index contributed by atoms with van der Waals surface area (Å²) in [7, 11) is 0. The lowest BCUT2D eigenvalue weighted by molar-refractivity contribution is 0.500. The fourth-order valence-corrected chi connectivity index (χ4v) is 3.02. The fraction of sp³-hybridized carbons (Fsp3) is 0.438. The van der Waals surface area contributed by atoms with Crippen LogP contribution in [0.5, 0.6) is 0 Å². The highest BCUT2D eigenvalue weighted by Gasteiger charge is 2.23. The van der Waals surface area contributed by atoms with Crippen molar-refractivity contribution < 1.29 is 4.39 Å². The summed E-state index contributed by atoms with van der Waals surface area (Å²) in [5.41, 5.74) is 2.69. The minimum atomic E-state index is -0.210. The molecule has 0 amide bonds. The van der Waals surface area contributed by atoms with Crippen LogP contribution in [-0.4, -0.2) is 16.3 Å². The molecule has 0 aliphatic carbocycles. The number of aryl methyl sites for hydroxylation is 2. The first kappa shape index (κ1) is 16.2. The summed E-state index contributed by atoms with van der Waals surface area (Å²) in [5, 5.41) is 7.77. The Morgan fingerprint density at radius 2 is 2.14 bits per heavy atom. The van der Waals surface area contributed by atoms with Crippen molar-refractivity contribution >= 4 is 15.9 Å². The lowest BCUT2D eigenvalue weighted by Crippen LogP contribution is -2.26. The predicted molar refractivity (Wildman–Crippen MR) is 86.9 cm³/mol. The highest BCUT2D eigenvalue weighted by Crippen LogP contribution is 2.30. The summed E-state index contributed by atoms with van der Waals surface area (Å²) >= 11 is 3.55. The smallest absolute Gasteiger partial charge is 0.128 e. The van der Waals surface area contributed by atoms with E-state index in [-0.39, 0.29) is 11.9 Å². The van der Waals surface area contributed by atoms with E-state index in [9.17, 15) is 4.39 Å². The van der Waals surface area contributed by atoms with Gasteiger partial charge < -0.3 is 5.32 Å². The van der Waals surface area contributed by atoms with Gasteiger partial charge in [0.25, 0.3) is 0 Å². The topological polar surface area (TPSA) is 29.9 Å². The Kier molecular flexibility index (Phi) is 5.53. The minimum Gasteiger partial charge on any atom is -0.305 e. The van der Waals surface area contributed by atoms with Crippen LogP contribution in [0, 0.1) is 12.7 Å². The second-order valence-electron chi connectivity index (χ2n) is 5.12. The first-order chi connectivity index (χ1) is 10.1. The number of aromatic nitrogens is 2. The van der Waals surface area contributed by atoms with Crippen molar-refractivity contribution in [1.82, 2.24) is 15.1 Å². The van der Waals surface area contributed by atoms with Crippen molar-refractivity contribution in [2.75, 3.05) is 6.54 Å². The fourth-order valence-electron chi connectivity index (χ4n) is 2.49. The number of halogens is 2. The zero-order chi connectivity index (χ0) is 15.4. The van der Waals surface area contributed by atoms with Gasteiger partial charge in [0, 0.05) is 12.1 Å². The van der Waals surface area contributed by atoms with Gasteiger partial charge in [-0.3, -0.25) is 4.68 Å². The van der Waals surface area contributed by atoms with E-state index in [2.05, 4.69) is 33.3 Å². The first-order valence-corrected chi connectivity index (χ1v) is 8.08. The van der Waals surface area contributed by atoms with Gasteiger partial charge in [-0.2, -0.15) is 5.10 Å². The number of hydrogen-bond acceptors (Lipinski definition) is 2. The van der Waals surface area contributed by atoms with Gasteiger partial charge in [0.15, 0.2) is 0 Å². The van der Waals surface area contributed by atoms with Crippen LogP contribution in [0.25, 0.3) is 0 Å².